The van der Waals surface area contributed by atoms with E-state index in [1.807, 2.05) is 37.3 Å². The van der Waals surface area contributed by atoms with Crippen molar-refractivity contribution < 1.29 is 4.79 Å². The van der Waals surface area contributed by atoms with Crippen molar-refractivity contribution in [1.82, 2.24) is 9.88 Å². The summed E-state index contributed by atoms with van der Waals surface area (Å²) in [4.78, 5) is 15.3. The van der Waals surface area contributed by atoms with Gasteiger partial charge in [-0.2, -0.15) is 0 Å². The van der Waals surface area contributed by atoms with Gasteiger partial charge in [-0.1, -0.05) is 36.4 Å². The van der Waals surface area contributed by atoms with E-state index in [9.17, 15) is 4.79 Å². The van der Waals surface area contributed by atoms with Gasteiger partial charge in [0, 0.05) is 41.9 Å². The molecular weight excluding hydrogens is 346 g/mol. The van der Waals surface area contributed by atoms with E-state index in [0.717, 1.165) is 48.6 Å². The summed E-state index contributed by atoms with van der Waals surface area (Å²) < 4.78 is 2.15. The lowest BCUT2D eigenvalue weighted by Gasteiger charge is -2.34. The number of benzene rings is 2. The van der Waals surface area contributed by atoms with Crippen LogP contribution in [0.2, 0.25) is 0 Å². The van der Waals surface area contributed by atoms with Crippen LogP contribution in [-0.4, -0.2) is 29.6 Å². The van der Waals surface area contributed by atoms with Crippen LogP contribution < -0.4 is 10.2 Å². The van der Waals surface area contributed by atoms with Gasteiger partial charge in [0.25, 0.3) is 5.91 Å². The van der Waals surface area contributed by atoms with E-state index in [2.05, 4.69) is 58.1 Å². The summed E-state index contributed by atoms with van der Waals surface area (Å²) >= 11 is 0. The van der Waals surface area contributed by atoms with Crippen LogP contribution >= 0.6 is 0 Å². The lowest BCUT2D eigenvalue weighted by Crippen LogP contribution is -2.44. The van der Waals surface area contributed by atoms with E-state index in [1.165, 1.54) is 5.69 Å². The van der Waals surface area contributed by atoms with E-state index in [1.54, 1.807) is 0 Å². The summed E-state index contributed by atoms with van der Waals surface area (Å²) in [6.07, 6.45) is 1.94. The Hall–Kier alpha value is -3.01. The SMILES string of the molecule is Cc1cc(C(=O)NC2CCN(c3ccccc3)CC2)c(C)n1-c1ccccc1. The molecule has 0 spiro atoms. The van der Waals surface area contributed by atoms with E-state index < -0.39 is 0 Å². The van der Waals surface area contributed by atoms with Crippen LogP contribution in [0.4, 0.5) is 5.69 Å². The lowest BCUT2D eigenvalue weighted by molar-refractivity contribution is 0.0930. The molecule has 2 aromatic carbocycles. The van der Waals surface area contributed by atoms with Crippen LogP contribution in [0.1, 0.15) is 34.6 Å². The Morgan fingerprint density at radius 1 is 0.893 bits per heavy atom. The monoisotopic (exact) mass is 373 g/mol. The van der Waals surface area contributed by atoms with E-state index >= 15 is 0 Å². The molecule has 4 nitrogen and oxygen atoms in total. The molecule has 1 fully saturated rings. The molecule has 4 rings (SSSR count). The summed E-state index contributed by atoms with van der Waals surface area (Å²) in [7, 11) is 0. The van der Waals surface area contributed by atoms with Gasteiger partial charge in [-0.25, -0.2) is 0 Å². The first-order valence-corrected chi connectivity index (χ1v) is 9.98. The molecule has 0 radical (unpaired) electrons. The van der Waals surface area contributed by atoms with Crippen LogP contribution in [0.25, 0.3) is 5.69 Å². The van der Waals surface area contributed by atoms with Crippen LogP contribution in [0.15, 0.2) is 66.7 Å². The molecule has 3 aromatic rings. The number of anilines is 1. The van der Waals surface area contributed by atoms with Crippen molar-refractivity contribution in [2.24, 2.45) is 0 Å². The molecule has 0 atom stereocenters. The van der Waals surface area contributed by atoms with E-state index in [-0.39, 0.29) is 11.9 Å². The van der Waals surface area contributed by atoms with E-state index in [4.69, 9.17) is 0 Å². The fourth-order valence-corrected chi connectivity index (χ4v) is 4.15. The molecule has 1 aromatic heterocycles. The second kappa shape index (κ2) is 7.93. The standard InChI is InChI=1S/C24H27N3O/c1-18-17-23(19(2)27(18)22-11-7-4-8-12-22)24(28)25-20-13-15-26(16-14-20)21-9-5-3-6-10-21/h3-12,17,20H,13-16H2,1-2H3,(H,25,28). The number of nitrogens with zero attached hydrogens (tertiary/aromatic N) is 2. The highest BCUT2D eigenvalue weighted by molar-refractivity contribution is 5.96. The Kier molecular flexibility index (Phi) is 5.20. The van der Waals surface area contributed by atoms with Crippen molar-refractivity contribution in [1.29, 1.82) is 0 Å². The Morgan fingerprint density at radius 2 is 1.46 bits per heavy atom. The van der Waals surface area contributed by atoms with Gasteiger partial charge in [0.05, 0.1) is 5.56 Å². The van der Waals surface area contributed by atoms with E-state index in [0.29, 0.717) is 0 Å². The van der Waals surface area contributed by atoms with Gasteiger partial charge in [-0.15, -0.1) is 0 Å². The zero-order chi connectivity index (χ0) is 19.5. The number of piperidine rings is 1. The zero-order valence-electron chi connectivity index (χ0n) is 16.6. The van der Waals surface area contributed by atoms with Gasteiger partial charge in [0.1, 0.15) is 0 Å². The largest absolute Gasteiger partial charge is 0.371 e. The molecule has 1 N–H and O–H groups in total. The Balaban J connectivity index is 1.43. The van der Waals surface area contributed by atoms with Crippen LogP contribution in [0, 0.1) is 13.8 Å². The quantitative estimate of drug-likeness (QED) is 0.731. The molecule has 4 heteroatoms. The maximum absolute atomic E-state index is 12.9. The molecule has 0 unspecified atom stereocenters. The summed E-state index contributed by atoms with van der Waals surface area (Å²) in [6.45, 7) is 6.01. The van der Waals surface area contributed by atoms with Crippen LogP contribution in [0.5, 0.6) is 0 Å². The molecule has 1 aliphatic rings. The number of hydrogen-bond donors (Lipinski definition) is 1. The molecule has 1 saturated heterocycles. The third-order valence-corrected chi connectivity index (χ3v) is 5.64. The highest BCUT2D eigenvalue weighted by Crippen LogP contribution is 2.22. The van der Waals surface area contributed by atoms with Crippen LogP contribution in [-0.2, 0) is 0 Å². The highest BCUT2D eigenvalue weighted by atomic mass is 16.1. The zero-order valence-corrected chi connectivity index (χ0v) is 16.6. The summed E-state index contributed by atoms with van der Waals surface area (Å²) in [6, 6.07) is 22.9. The fraction of sp³-hybridized carbons (Fsp3) is 0.292. The number of para-hydroxylation sites is 2. The van der Waals surface area contributed by atoms with Gasteiger partial charge in [0.15, 0.2) is 0 Å². The molecule has 1 amide bonds. The molecular formula is C24H27N3O. The average molecular weight is 374 g/mol. The van der Waals surface area contributed by atoms with Gasteiger partial charge in [0.2, 0.25) is 0 Å². The molecule has 0 aliphatic carbocycles. The number of amides is 1. The highest BCUT2D eigenvalue weighted by Gasteiger charge is 2.23. The van der Waals surface area contributed by atoms with Gasteiger partial charge >= 0.3 is 0 Å². The Bertz CT molecular complexity index is 939. The number of hydrogen-bond acceptors (Lipinski definition) is 2. The molecule has 1 aliphatic heterocycles. The second-order valence-electron chi connectivity index (χ2n) is 7.53. The number of aryl methyl sites for hydroxylation is 1. The van der Waals surface area contributed by atoms with Crippen molar-refractivity contribution >= 4 is 11.6 Å². The Labute approximate surface area is 166 Å². The molecule has 144 valence electrons. The lowest BCUT2D eigenvalue weighted by atomic mass is 10.0. The molecule has 2 heterocycles. The maximum Gasteiger partial charge on any atom is 0.253 e. The third kappa shape index (κ3) is 3.68. The normalized spacial score (nSPS) is 14.9. The first kappa shape index (κ1) is 18.4. The predicted molar refractivity (Wildman–Crippen MR) is 114 cm³/mol. The first-order valence-electron chi connectivity index (χ1n) is 9.98. The van der Waals surface area contributed by atoms with Crippen LogP contribution in [0.3, 0.4) is 0 Å². The maximum atomic E-state index is 12.9. The summed E-state index contributed by atoms with van der Waals surface area (Å²) in [5, 5.41) is 3.26. The minimum atomic E-state index is 0.0356. The first-order chi connectivity index (χ1) is 13.6. The fourth-order valence-electron chi connectivity index (χ4n) is 4.15. The topological polar surface area (TPSA) is 37.3 Å². The van der Waals surface area contributed by atoms with Gasteiger partial charge in [-0.3, -0.25) is 4.79 Å². The smallest absolute Gasteiger partial charge is 0.253 e. The number of carbonyl (C=O) groups excluding carboxylic acids is 1. The van der Waals surface area contributed by atoms with Crippen molar-refractivity contribution in [3.63, 3.8) is 0 Å². The minimum Gasteiger partial charge on any atom is -0.371 e. The average Bonchev–Trinajstić information content (AvgIpc) is 3.04. The number of carbonyl (C=O) groups is 1. The third-order valence-electron chi connectivity index (χ3n) is 5.64. The molecule has 28 heavy (non-hydrogen) atoms. The summed E-state index contributed by atoms with van der Waals surface area (Å²) in [5.41, 5.74) is 5.19. The van der Waals surface area contributed by atoms with Crippen molar-refractivity contribution in [2.45, 2.75) is 32.7 Å². The number of aromatic nitrogens is 1. The minimum absolute atomic E-state index is 0.0356. The predicted octanol–water partition coefficient (Wildman–Crippen LogP) is 4.49. The van der Waals surface area contributed by atoms with Crippen molar-refractivity contribution in [3.05, 3.63) is 83.7 Å². The van der Waals surface area contributed by atoms with Gasteiger partial charge < -0.3 is 14.8 Å². The second-order valence-corrected chi connectivity index (χ2v) is 7.53. The van der Waals surface area contributed by atoms with Gasteiger partial charge in [-0.05, 0) is 57.0 Å². The Morgan fingerprint density at radius 3 is 2.07 bits per heavy atom. The summed E-state index contributed by atoms with van der Waals surface area (Å²) in [5.74, 6) is 0.0356. The van der Waals surface area contributed by atoms with Crippen molar-refractivity contribution in [2.75, 3.05) is 18.0 Å². The molecule has 0 bridgehead atoms. The number of nitrogens with one attached hydrogen (secondary N) is 1. The van der Waals surface area contributed by atoms with Crippen molar-refractivity contribution in [3.8, 4) is 5.69 Å². The molecule has 0 saturated carbocycles. The number of rotatable bonds is 4.